The van der Waals surface area contributed by atoms with Gasteiger partial charge in [0.15, 0.2) is 0 Å². The molecule has 4 rings (SSSR count). The Bertz CT molecular complexity index is 1150. The molecule has 3 aromatic rings. The Morgan fingerprint density at radius 1 is 1.37 bits per heavy atom. The Morgan fingerprint density at radius 3 is 2.67 bits per heavy atom. The van der Waals surface area contributed by atoms with E-state index in [0.717, 1.165) is 24.8 Å². The first-order valence-electron chi connectivity index (χ1n) is 9.97. The molecule has 30 heavy (non-hydrogen) atoms. The van der Waals surface area contributed by atoms with E-state index < -0.39 is 11.4 Å². The maximum atomic E-state index is 14.1. The number of amides is 1. The first-order valence-corrected chi connectivity index (χ1v) is 9.97. The van der Waals surface area contributed by atoms with E-state index in [4.69, 9.17) is 6.57 Å². The molecule has 2 aromatic carbocycles. The Hall–Kier alpha value is -3.24. The van der Waals surface area contributed by atoms with Crippen molar-refractivity contribution < 1.29 is 14.3 Å². The van der Waals surface area contributed by atoms with Gasteiger partial charge in [0.25, 0.3) is 0 Å². The molecule has 0 spiro atoms. The summed E-state index contributed by atoms with van der Waals surface area (Å²) < 4.78 is 16.0. The second-order valence-electron chi connectivity index (χ2n) is 8.16. The van der Waals surface area contributed by atoms with Crippen molar-refractivity contribution in [3.63, 3.8) is 0 Å². The van der Waals surface area contributed by atoms with Gasteiger partial charge in [-0.1, -0.05) is 29.8 Å². The first-order chi connectivity index (χ1) is 14.3. The van der Waals surface area contributed by atoms with E-state index >= 15 is 0 Å². The highest BCUT2D eigenvalue weighted by atomic mass is 19.1. The third-order valence-corrected chi connectivity index (χ3v) is 5.75. The summed E-state index contributed by atoms with van der Waals surface area (Å²) in [4.78, 5) is 20.4. The number of carbonyl (C=O) groups excluding carboxylic acids is 1. The van der Waals surface area contributed by atoms with Gasteiger partial charge in [-0.25, -0.2) is 14.2 Å². The number of rotatable bonds is 5. The van der Waals surface area contributed by atoms with Crippen molar-refractivity contribution in [2.75, 3.05) is 5.32 Å². The highest BCUT2D eigenvalue weighted by Crippen LogP contribution is 2.39. The second-order valence-corrected chi connectivity index (χ2v) is 8.16. The van der Waals surface area contributed by atoms with Crippen molar-refractivity contribution in [2.45, 2.75) is 51.2 Å². The van der Waals surface area contributed by atoms with Gasteiger partial charge in [0, 0.05) is 6.04 Å². The Balaban J connectivity index is 1.63. The minimum atomic E-state index is -1.34. The van der Waals surface area contributed by atoms with Crippen LogP contribution in [0.3, 0.4) is 0 Å². The molecule has 1 amide bonds. The van der Waals surface area contributed by atoms with Crippen LogP contribution in [0.2, 0.25) is 0 Å². The van der Waals surface area contributed by atoms with Gasteiger partial charge in [-0.3, -0.25) is 10.1 Å². The fourth-order valence-electron chi connectivity index (χ4n) is 3.79. The second kappa shape index (κ2) is 7.54. The van der Waals surface area contributed by atoms with E-state index in [1.165, 1.54) is 12.1 Å². The molecule has 1 fully saturated rings. The van der Waals surface area contributed by atoms with Crippen LogP contribution < -0.4 is 5.32 Å². The van der Waals surface area contributed by atoms with Crippen LogP contribution in [-0.2, 0) is 10.4 Å². The van der Waals surface area contributed by atoms with Crippen LogP contribution in [0.25, 0.3) is 15.9 Å². The number of fused-ring (bicyclic) bond motifs is 1. The number of halogens is 1. The standard InChI is InChI=1S/C23H23FN4O2/c1-14-7-9-15(10-8-14)23(2,30)13-21(29)27-22-26-19-11-17(24)18(25-3)12-20(19)28(22)16-5-4-6-16/h7-12,16,30H,4-6,13H2,1-2H3,(H,26,27,29)/t23-/m0/s1. The number of benzene rings is 2. The summed E-state index contributed by atoms with van der Waals surface area (Å²) in [6.45, 7) is 10.7. The molecule has 1 atom stereocenters. The van der Waals surface area contributed by atoms with Crippen molar-refractivity contribution in [1.82, 2.24) is 9.55 Å². The normalized spacial score (nSPS) is 16.0. The van der Waals surface area contributed by atoms with E-state index in [2.05, 4.69) is 15.1 Å². The largest absolute Gasteiger partial charge is 0.385 e. The van der Waals surface area contributed by atoms with Gasteiger partial charge in [0.1, 0.15) is 5.82 Å². The summed E-state index contributed by atoms with van der Waals surface area (Å²) in [5.41, 5.74) is 1.34. The maximum absolute atomic E-state index is 14.1. The van der Waals surface area contributed by atoms with Crippen molar-refractivity contribution in [1.29, 1.82) is 0 Å². The van der Waals surface area contributed by atoms with E-state index in [1.54, 1.807) is 19.1 Å². The predicted molar refractivity (Wildman–Crippen MR) is 113 cm³/mol. The monoisotopic (exact) mass is 406 g/mol. The first kappa shape index (κ1) is 20.0. The smallest absolute Gasteiger partial charge is 0.229 e. The molecule has 1 aliphatic rings. The van der Waals surface area contributed by atoms with Crippen molar-refractivity contribution in [3.8, 4) is 0 Å². The van der Waals surface area contributed by atoms with Crippen LogP contribution in [0.5, 0.6) is 0 Å². The predicted octanol–water partition coefficient (Wildman–Crippen LogP) is 5.00. The number of hydrogen-bond acceptors (Lipinski definition) is 3. The number of aryl methyl sites for hydroxylation is 1. The molecule has 0 radical (unpaired) electrons. The third-order valence-electron chi connectivity index (χ3n) is 5.75. The summed E-state index contributed by atoms with van der Waals surface area (Å²) >= 11 is 0. The minimum absolute atomic E-state index is 0.0665. The quantitative estimate of drug-likeness (QED) is 0.586. The summed E-state index contributed by atoms with van der Waals surface area (Å²) in [5.74, 6) is -0.695. The van der Waals surface area contributed by atoms with Crippen LogP contribution in [0.15, 0.2) is 36.4 Å². The molecule has 1 saturated carbocycles. The average molecular weight is 406 g/mol. The van der Waals surface area contributed by atoms with Crippen LogP contribution in [-0.4, -0.2) is 20.6 Å². The van der Waals surface area contributed by atoms with Crippen LogP contribution in [0, 0.1) is 19.3 Å². The average Bonchev–Trinajstić information content (AvgIpc) is 2.96. The molecule has 0 aliphatic heterocycles. The molecular weight excluding hydrogens is 383 g/mol. The molecule has 154 valence electrons. The molecule has 0 bridgehead atoms. The summed E-state index contributed by atoms with van der Waals surface area (Å²) in [6.07, 6.45) is 2.78. The maximum Gasteiger partial charge on any atom is 0.229 e. The number of aliphatic hydroxyl groups is 1. The lowest BCUT2D eigenvalue weighted by Gasteiger charge is -2.29. The molecule has 0 unspecified atom stereocenters. The lowest BCUT2D eigenvalue weighted by molar-refractivity contribution is -0.120. The lowest BCUT2D eigenvalue weighted by atomic mass is 9.91. The fraction of sp³-hybridized carbons (Fsp3) is 0.348. The van der Waals surface area contributed by atoms with Gasteiger partial charge in [-0.05, 0) is 50.8 Å². The van der Waals surface area contributed by atoms with E-state index in [0.29, 0.717) is 22.5 Å². The summed E-state index contributed by atoms with van der Waals surface area (Å²) in [6, 6.07) is 10.3. The van der Waals surface area contributed by atoms with Gasteiger partial charge >= 0.3 is 0 Å². The van der Waals surface area contributed by atoms with Crippen molar-refractivity contribution >= 4 is 28.6 Å². The highest BCUT2D eigenvalue weighted by Gasteiger charge is 2.30. The van der Waals surface area contributed by atoms with Crippen molar-refractivity contribution in [2.24, 2.45) is 0 Å². The van der Waals surface area contributed by atoms with Gasteiger partial charge in [-0.15, -0.1) is 0 Å². The number of anilines is 1. The Labute approximate surface area is 174 Å². The minimum Gasteiger partial charge on any atom is -0.385 e. The fourth-order valence-corrected chi connectivity index (χ4v) is 3.79. The zero-order valence-electron chi connectivity index (χ0n) is 16.9. The lowest BCUT2D eigenvalue weighted by Crippen LogP contribution is -2.30. The Kier molecular flexibility index (Phi) is 5.04. The number of carbonyl (C=O) groups is 1. The molecule has 7 heteroatoms. The molecule has 2 N–H and O–H groups in total. The zero-order valence-corrected chi connectivity index (χ0v) is 16.9. The van der Waals surface area contributed by atoms with Crippen LogP contribution in [0.1, 0.15) is 49.8 Å². The third kappa shape index (κ3) is 3.66. The number of aromatic nitrogens is 2. The number of hydrogen-bond donors (Lipinski definition) is 2. The topological polar surface area (TPSA) is 71.5 Å². The van der Waals surface area contributed by atoms with E-state index in [-0.39, 0.29) is 24.1 Å². The molecule has 1 aromatic heterocycles. The number of nitrogens with one attached hydrogen (secondary N) is 1. The Morgan fingerprint density at radius 2 is 2.07 bits per heavy atom. The number of imidazole rings is 1. The highest BCUT2D eigenvalue weighted by molar-refractivity contribution is 5.93. The summed E-state index contributed by atoms with van der Waals surface area (Å²) in [7, 11) is 0. The van der Waals surface area contributed by atoms with Gasteiger partial charge in [0.2, 0.25) is 17.5 Å². The van der Waals surface area contributed by atoms with Crippen LogP contribution in [0.4, 0.5) is 16.0 Å². The molecule has 1 heterocycles. The SMILES string of the molecule is [C-]#[N+]c1cc2c(cc1F)nc(NC(=O)C[C@](C)(O)c1ccc(C)cc1)n2C1CCC1. The van der Waals surface area contributed by atoms with E-state index in [1.807, 2.05) is 23.6 Å². The van der Waals surface area contributed by atoms with Crippen LogP contribution >= 0.6 is 0 Å². The number of nitrogens with zero attached hydrogens (tertiary/aromatic N) is 3. The molecule has 6 nitrogen and oxygen atoms in total. The van der Waals surface area contributed by atoms with Gasteiger partial charge in [0.05, 0.1) is 29.6 Å². The molecular formula is C23H23FN4O2. The van der Waals surface area contributed by atoms with Crippen molar-refractivity contribution in [3.05, 3.63) is 64.8 Å². The molecule has 1 aliphatic carbocycles. The van der Waals surface area contributed by atoms with Gasteiger partial charge in [-0.2, -0.15) is 0 Å². The zero-order chi connectivity index (χ0) is 21.5. The summed E-state index contributed by atoms with van der Waals surface area (Å²) in [5, 5.41) is 13.6. The molecule has 0 saturated heterocycles. The van der Waals surface area contributed by atoms with E-state index in [9.17, 15) is 14.3 Å². The van der Waals surface area contributed by atoms with Gasteiger partial charge < -0.3 is 9.67 Å².